The average Bonchev–Trinajstić information content (AvgIpc) is 2.43. The second-order valence-electron chi connectivity index (χ2n) is 3.68. The Bertz CT molecular complexity index is 350. The number of hydrogen-bond acceptors (Lipinski definition) is 3. The van der Waals surface area contributed by atoms with E-state index < -0.39 is 11.9 Å². The predicted octanol–water partition coefficient (Wildman–Crippen LogP) is 1.74. The summed E-state index contributed by atoms with van der Waals surface area (Å²) >= 11 is 0. The number of allylic oxidation sites excluding steroid dienone is 1. The van der Waals surface area contributed by atoms with Gasteiger partial charge in [0.05, 0.1) is 11.1 Å². The van der Waals surface area contributed by atoms with Crippen LogP contribution in [0.2, 0.25) is 0 Å². The molecule has 0 aromatic carbocycles. The van der Waals surface area contributed by atoms with Crippen LogP contribution in [0.15, 0.2) is 23.3 Å². The molecule has 14 heavy (non-hydrogen) atoms. The Kier molecular flexibility index (Phi) is 2.23. The van der Waals surface area contributed by atoms with Crippen LogP contribution in [0.4, 0.5) is 0 Å². The van der Waals surface area contributed by atoms with Crippen molar-refractivity contribution < 1.29 is 14.3 Å². The van der Waals surface area contributed by atoms with Crippen molar-refractivity contribution in [1.29, 1.82) is 0 Å². The average molecular weight is 192 g/mol. The van der Waals surface area contributed by atoms with E-state index >= 15 is 0 Å². The van der Waals surface area contributed by atoms with E-state index in [9.17, 15) is 9.59 Å². The Balaban J connectivity index is 2.20. The third kappa shape index (κ3) is 1.39. The minimum atomic E-state index is -0.490. The highest BCUT2D eigenvalue weighted by Crippen LogP contribution is 2.31. The second-order valence-corrected chi connectivity index (χ2v) is 3.68. The van der Waals surface area contributed by atoms with E-state index in [2.05, 4.69) is 11.7 Å². The second kappa shape index (κ2) is 3.40. The zero-order chi connectivity index (χ0) is 10.1. The Labute approximate surface area is 82.4 Å². The smallest absolute Gasteiger partial charge is 0.346 e. The Hall–Kier alpha value is -1.38. The summed E-state index contributed by atoms with van der Waals surface area (Å²) in [5.41, 5.74) is 1.03. The maximum Gasteiger partial charge on any atom is 0.346 e. The lowest BCUT2D eigenvalue weighted by Crippen LogP contribution is -2.07. The highest BCUT2D eigenvalue weighted by molar-refractivity contribution is 6.14. The molecule has 0 aromatic rings. The molecule has 2 rings (SSSR count). The fourth-order valence-corrected chi connectivity index (χ4v) is 1.93. The first-order valence-electron chi connectivity index (χ1n) is 4.90. The van der Waals surface area contributed by atoms with Crippen LogP contribution in [0.5, 0.6) is 0 Å². The van der Waals surface area contributed by atoms with E-state index in [0.29, 0.717) is 23.5 Å². The van der Waals surface area contributed by atoms with E-state index in [4.69, 9.17) is 0 Å². The quantitative estimate of drug-likeness (QED) is 0.494. The SMILES string of the molecule is CCCC1C=CC2=C(C1)C(=O)OC2=O. The molecule has 3 heteroatoms. The Morgan fingerprint density at radius 2 is 2.21 bits per heavy atom. The molecule has 0 spiro atoms. The number of ether oxygens (including phenoxy) is 1. The molecule has 1 aliphatic carbocycles. The van der Waals surface area contributed by atoms with Gasteiger partial charge in [0.1, 0.15) is 0 Å². The van der Waals surface area contributed by atoms with Gasteiger partial charge in [-0.25, -0.2) is 9.59 Å². The van der Waals surface area contributed by atoms with Gasteiger partial charge < -0.3 is 4.74 Å². The van der Waals surface area contributed by atoms with Gasteiger partial charge in [-0.1, -0.05) is 25.5 Å². The van der Waals surface area contributed by atoms with E-state index in [1.165, 1.54) is 0 Å². The van der Waals surface area contributed by atoms with Crippen LogP contribution in [0.25, 0.3) is 0 Å². The van der Waals surface area contributed by atoms with E-state index in [-0.39, 0.29) is 0 Å². The third-order valence-electron chi connectivity index (χ3n) is 2.64. The number of esters is 2. The molecule has 1 aliphatic heterocycles. The fraction of sp³-hybridized carbons (Fsp3) is 0.455. The first-order chi connectivity index (χ1) is 6.72. The molecular weight excluding hydrogens is 180 g/mol. The molecular formula is C11H12O3. The molecule has 0 aromatic heterocycles. The maximum absolute atomic E-state index is 11.2. The number of hydrogen-bond donors (Lipinski definition) is 0. The van der Waals surface area contributed by atoms with Gasteiger partial charge in [-0.15, -0.1) is 0 Å². The summed E-state index contributed by atoms with van der Waals surface area (Å²) in [4.78, 5) is 22.4. The van der Waals surface area contributed by atoms with E-state index in [1.807, 2.05) is 6.08 Å². The number of carbonyl (C=O) groups is 2. The van der Waals surface area contributed by atoms with Gasteiger partial charge in [0.25, 0.3) is 0 Å². The minimum Gasteiger partial charge on any atom is -0.386 e. The van der Waals surface area contributed by atoms with Gasteiger partial charge in [-0.05, 0) is 18.8 Å². The molecule has 1 unspecified atom stereocenters. The summed E-state index contributed by atoms with van der Waals surface area (Å²) in [6.45, 7) is 2.11. The predicted molar refractivity (Wildman–Crippen MR) is 50.3 cm³/mol. The Morgan fingerprint density at radius 1 is 1.43 bits per heavy atom. The molecule has 0 saturated carbocycles. The van der Waals surface area contributed by atoms with Gasteiger partial charge in [0.2, 0.25) is 0 Å². The van der Waals surface area contributed by atoms with Crippen LogP contribution >= 0.6 is 0 Å². The van der Waals surface area contributed by atoms with Gasteiger partial charge in [0, 0.05) is 0 Å². The molecule has 2 aliphatic rings. The van der Waals surface area contributed by atoms with Gasteiger partial charge in [0.15, 0.2) is 0 Å². The van der Waals surface area contributed by atoms with Gasteiger partial charge >= 0.3 is 11.9 Å². The third-order valence-corrected chi connectivity index (χ3v) is 2.64. The lowest BCUT2D eigenvalue weighted by atomic mass is 9.88. The first-order valence-corrected chi connectivity index (χ1v) is 4.90. The molecule has 0 fully saturated rings. The minimum absolute atomic E-state index is 0.386. The highest BCUT2D eigenvalue weighted by Gasteiger charge is 2.34. The molecule has 0 saturated heterocycles. The highest BCUT2D eigenvalue weighted by atomic mass is 16.6. The zero-order valence-corrected chi connectivity index (χ0v) is 8.08. The van der Waals surface area contributed by atoms with Crippen LogP contribution in [-0.2, 0) is 14.3 Å². The molecule has 0 bridgehead atoms. The summed E-state index contributed by atoms with van der Waals surface area (Å²) in [6, 6.07) is 0. The molecule has 0 radical (unpaired) electrons. The van der Waals surface area contributed by atoms with Crippen molar-refractivity contribution in [2.75, 3.05) is 0 Å². The summed E-state index contributed by atoms with van der Waals surface area (Å²) in [7, 11) is 0. The topological polar surface area (TPSA) is 43.4 Å². The van der Waals surface area contributed by atoms with Crippen molar-refractivity contribution in [3.8, 4) is 0 Å². The van der Waals surface area contributed by atoms with E-state index in [1.54, 1.807) is 6.08 Å². The maximum atomic E-state index is 11.2. The van der Waals surface area contributed by atoms with Gasteiger partial charge in [-0.3, -0.25) is 0 Å². The molecule has 0 amide bonds. The largest absolute Gasteiger partial charge is 0.386 e. The van der Waals surface area contributed by atoms with Crippen molar-refractivity contribution in [3.63, 3.8) is 0 Å². The van der Waals surface area contributed by atoms with Crippen molar-refractivity contribution >= 4 is 11.9 Å². The number of carbonyl (C=O) groups excluding carboxylic acids is 2. The summed E-state index contributed by atoms with van der Waals surface area (Å²) in [5.74, 6) is -0.552. The van der Waals surface area contributed by atoms with E-state index in [0.717, 1.165) is 12.8 Å². The van der Waals surface area contributed by atoms with Crippen molar-refractivity contribution in [3.05, 3.63) is 23.3 Å². The lowest BCUT2D eigenvalue weighted by molar-refractivity contribution is -0.151. The summed E-state index contributed by atoms with van der Waals surface area (Å²) in [5, 5.41) is 0. The molecule has 3 nitrogen and oxygen atoms in total. The van der Waals surface area contributed by atoms with Crippen molar-refractivity contribution in [2.24, 2.45) is 5.92 Å². The van der Waals surface area contributed by atoms with Crippen LogP contribution in [0.1, 0.15) is 26.2 Å². The molecule has 0 N–H and O–H groups in total. The zero-order valence-electron chi connectivity index (χ0n) is 8.08. The fourth-order valence-electron chi connectivity index (χ4n) is 1.93. The number of rotatable bonds is 2. The van der Waals surface area contributed by atoms with Crippen LogP contribution in [-0.4, -0.2) is 11.9 Å². The first kappa shape index (κ1) is 9.19. The van der Waals surface area contributed by atoms with Crippen LogP contribution in [0, 0.1) is 5.92 Å². The molecule has 1 atom stereocenters. The standard InChI is InChI=1S/C11H12O3/c1-2-3-7-4-5-8-9(6-7)11(13)14-10(8)12/h4-5,7H,2-3,6H2,1H3. The molecule has 1 heterocycles. The van der Waals surface area contributed by atoms with Crippen LogP contribution < -0.4 is 0 Å². The Morgan fingerprint density at radius 3 is 2.93 bits per heavy atom. The summed E-state index contributed by atoms with van der Waals surface area (Å²) < 4.78 is 4.53. The van der Waals surface area contributed by atoms with Gasteiger partial charge in [-0.2, -0.15) is 0 Å². The monoisotopic (exact) mass is 192 g/mol. The number of cyclic esters (lactones) is 2. The van der Waals surface area contributed by atoms with Crippen LogP contribution in [0.3, 0.4) is 0 Å². The summed E-state index contributed by atoms with van der Waals surface area (Å²) in [6.07, 6.45) is 6.52. The van der Waals surface area contributed by atoms with Crippen molar-refractivity contribution in [2.45, 2.75) is 26.2 Å². The normalized spacial score (nSPS) is 25.4. The molecule has 74 valence electrons. The van der Waals surface area contributed by atoms with Crippen molar-refractivity contribution in [1.82, 2.24) is 0 Å². The lowest BCUT2D eigenvalue weighted by Gasteiger charge is -2.14.